The summed E-state index contributed by atoms with van der Waals surface area (Å²) in [6, 6.07) is 8.98. The van der Waals surface area contributed by atoms with Gasteiger partial charge in [-0.3, -0.25) is 14.5 Å². The molecule has 2 saturated carbocycles. The molecule has 5 heteroatoms. The zero-order chi connectivity index (χ0) is 23.8. The number of nitrogens with zero attached hydrogens (tertiary/aromatic N) is 1. The molecule has 34 heavy (non-hydrogen) atoms. The van der Waals surface area contributed by atoms with Crippen LogP contribution in [0.3, 0.4) is 0 Å². The van der Waals surface area contributed by atoms with E-state index in [2.05, 4.69) is 46.7 Å². The van der Waals surface area contributed by atoms with E-state index in [1.807, 2.05) is 0 Å². The van der Waals surface area contributed by atoms with Gasteiger partial charge in [-0.25, -0.2) is 0 Å². The summed E-state index contributed by atoms with van der Waals surface area (Å²) in [5.74, 6) is 1.85. The van der Waals surface area contributed by atoms with E-state index in [0.29, 0.717) is 18.9 Å². The molecule has 3 fully saturated rings. The van der Waals surface area contributed by atoms with Crippen LogP contribution in [0.25, 0.3) is 0 Å². The van der Waals surface area contributed by atoms with Crippen LogP contribution in [-0.4, -0.2) is 35.8 Å². The predicted octanol–water partition coefficient (Wildman–Crippen LogP) is 5.18. The Bertz CT molecular complexity index is 779. The van der Waals surface area contributed by atoms with E-state index < -0.39 is 0 Å². The number of nitrogens with one attached hydrogen (secondary N) is 2. The molecule has 1 saturated heterocycles. The Hall–Kier alpha value is -1.88. The molecule has 0 aromatic heterocycles. The number of likely N-dealkylation sites (tertiary alicyclic amines) is 1. The second-order valence-corrected chi connectivity index (χ2v) is 11.3. The van der Waals surface area contributed by atoms with E-state index in [-0.39, 0.29) is 23.8 Å². The zero-order valence-electron chi connectivity index (χ0n) is 21.2. The lowest BCUT2D eigenvalue weighted by Gasteiger charge is -2.30. The van der Waals surface area contributed by atoms with Crippen molar-refractivity contribution in [3.63, 3.8) is 0 Å². The van der Waals surface area contributed by atoms with Gasteiger partial charge >= 0.3 is 0 Å². The van der Waals surface area contributed by atoms with Crippen molar-refractivity contribution < 1.29 is 9.59 Å². The molecule has 0 bridgehead atoms. The number of benzene rings is 1. The van der Waals surface area contributed by atoms with Crippen LogP contribution in [0.5, 0.6) is 0 Å². The topological polar surface area (TPSA) is 61.4 Å². The third kappa shape index (κ3) is 7.83. The Balaban J connectivity index is 1.13. The zero-order valence-corrected chi connectivity index (χ0v) is 21.2. The van der Waals surface area contributed by atoms with Crippen LogP contribution in [0.4, 0.5) is 0 Å². The van der Waals surface area contributed by atoms with Gasteiger partial charge < -0.3 is 10.6 Å². The molecule has 1 atom stereocenters. The molecule has 5 nitrogen and oxygen atoms in total. The summed E-state index contributed by atoms with van der Waals surface area (Å²) in [5.41, 5.74) is 2.51. The number of piperidine rings is 1. The molecule has 2 aliphatic carbocycles. The molecular weight excluding hydrogens is 422 g/mol. The van der Waals surface area contributed by atoms with Gasteiger partial charge in [0.05, 0.1) is 0 Å². The first-order chi connectivity index (χ1) is 16.5. The fourth-order valence-corrected chi connectivity index (χ4v) is 6.22. The highest BCUT2D eigenvalue weighted by Crippen LogP contribution is 2.28. The Morgan fingerprint density at radius 2 is 1.59 bits per heavy atom. The minimum Gasteiger partial charge on any atom is -0.353 e. The SMILES string of the molecule is CC1CCCN(Cc2ccc(CNC(=O)C3CCC(NC(=O)CC4CCCCC4)CC3)cc2)C1. The molecule has 1 unspecified atom stereocenters. The highest BCUT2D eigenvalue weighted by atomic mass is 16.2. The number of carbonyl (C=O) groups is 2. The first-order valence-electron chi connectivity index (χ1n) is 13.9. The van der Waals surface area contributed by atoms with Crippen molar-refractivity contribution in [2.24, 2.45) is 17.8 Å². The van der Waals surface area contributed by atoms with Crippen LogP contribution in [0.1, 0.15) is 95.1 Å². The normalized spacial score (nSPS) is 26.7. The summed E-state index contributed by atoms with van der Waals surface area (Å²) in [5, 5.41) is 6.39. The van der Waals surface area contributed by atoms with Crippen molar-refractivity contribution >= 4 is 11.8 Å². The summed E-state index contributed by atoms with van der Waals surface area (Å²) in [6.45, 7) is 6.37. The van der Waals surface area contributed by atoms with Gasteiger partial charge in [0.2, 0.25) is 11.8 Å². The third-order valence-electron chi connectivity index (χ3n) is 8.30. The Labute approximate surface area is 206 Å². The van der Waals surface area contributed by atoms with Gasteiger partial charge in [-0.05, 0) is 80.9 Å². The lowest BCUT2D eigenvalue weighted by molar-refractivity contribution is -0.126. The van der Waals surface area contributed by atoms with Crippen LogP contribution >= 0.6 is 0 Å². The lowest BCUT2D eigenvalue weighted by atomic mass is 9.84. The summed E-state index contributed by atoms with van der Waals surface area (Å²) in [7, 11) is 0. The summed E-state index contributed by atoms with van der Waals surface area (Å²) in [4.78, 5) is 27.7. The van der Waals surface area contributed by atoms with E-state index in [4.69, 9.17) is 0 Å². The summed E-state index contributed by atoms with van der Waals surface area (Å²) in [6.07, 6.45) is 13.2. The number of rotatable bonds is 8. The monoisotopic (exact) mass is 467 g/mol. The molecule has 4 rings (SSSR count). The molecule has 1 aromatic carbocycles. The van der Waals surface area contributed by atoms with Gasteiger partial charge in [0.25, 0.3) is 0 Å². The van der Waals surface area contributed by atoms with Gasteiger partial charge in [-0.2, -0.15) is 0 Å². The first kappa shape index (κ1) is 25.2. The van der Waals surface area contributed by atoms with Crippen LogP contribution in [0.15, 0.2) is 24.3 Å². The molecule has 0 radical (unpaired) electrons. The van der Waals surface area contributed by atoms with E-state index in [1.165, 1.54) is 63.6 Å². The number of carbonyl (C=O) groups excluding carboxylic acids is 2. The van der Waals surface area contributed by atoms with Gasteiger partial charge in [0.15, 0.2) is 0 Å². The maximum Gasteiger partial charge on any atom is 0.223 e. The number of hydrogen-bond donors (Lipinski definition) is 2. The predicted molar refractivity (Wildman–Crippen MR) is 137 cm³/mol. The molecule has 2 N–H and O–H groups in total. The minimum absolute atomic E-state index is 0.0758. The standard InChI is InChI=1S/C29H45N3O2/c1-22-6-5-17-32(20-22)21-25-11-9-24(10-12-25)19-30-29(34)26-13-15-27(16-14-26)31-28(33)18-23-7-3-2-4-8-23/h9-12,22-23,26-27H,2-8,13-21H2,1H3,(H,30,34)(H,31,33). The van der Waals surface area contributed by atoms with Crippen molar-refractivity contribution in [1.29, 1.82) is 0 Å². The smallest absolute Gasteiger partial charge is 0.223 e. The fraction of sp³-hybridized carbons (Fsp3) is 0.724. The van der Waals surface area contributed by atoms with E-state index >= 15 is 0 Å². The highest BCUT2D eigenvalue weighted by molar-refractivity contribution is 5.79. The molecule has 1 heterocycles. The van der Waals surface area contributed by atoms with Crippen molar-refractivity contribution in [1.82, 2.24) is 15.5 Å². The quantitative estimate of drug-likeness (QED) is 0.554. The highest BCUT2D eigenvalue weighted by Gasteiger charge is 2.27. The maximum absolute atomic E-state index is 12.7. The Kier molecular flexibility index (Phi) is 9.43. The van der Waals surface area contributed by atoms with E-state index in [9.17, 15) is 9.59 Å². The fourth-order valence-electron chi connectivity index (χ4n) is 6.22. The maximum atomic E-state index is 12.7. The average Bonchev–Trinajstić information content (AvgIpc) is 2.84. The van der Waals surface area contributed by atoms with Crippen LogP contribution in [0, 0.1) is 17.8 Å². The average molecular weight is 468 g/mol. The second-order valence-electron chi connectivity index (χ2n) is 11.3. The second kappa shape index (κ2) is 12.7. The van der Waals surface area contributed by atoms with E-state index in [1.54, 1.807) is 0 Å². The van der Waals surface area contributed by atoms with Crippen LogP contribution < -0.4 is 10.6 Å². The number of amides is 2. The van der Waals surface area contributed by atoms with Crippen molar-refractivity contribution in [2.75, 3.05) is 13.1 Å². The molecule has 0 spiro atoms. The first-order valence-corrected chi connectivity index (χ1v) is 13.9. The van der Waals surface area contributed by atoms with Crippen molar-refractivity contribution in [2.45, 2.75) is 103 Å². The van der Waals surface area contributed by atoms with Gasteiger partial charge in [0.1, 0.15) is 0 Å². The third-order valence-corrected chi connectivity index (χ3v) is 8.30. The lowest BCUT2D eigenvalue weighted by Crippen LogP contribution is -2.41. The molecule has 1 aromatic rings. The molecule has 3 aliphatic rings. The number of hydrogen-bond acceptors (Lipinski definition) is 3. The van der Waals surface area contributed by atoms with Crippen molar-refractivity contribution in [3.05, 3.63) is 35.4 Å². The Morgan fingerprint density at radius 1 is 0.882 bits per heavy atom. The van der Waals surface area contributed by atoms with Gasteiger partial charge in [-0.1, -0.05) is 50.5 Å². The molecular formula is C29H45N3O2. The Morgan fingerprint density at radius 3 is 2.29 bits per heavy atom. The molecule has 2 amide bonds. The minimum atomic E-state index is 0.0758. The largest absolute Gasteiger partial charge is 0.353 e. The van der Waals surface area contributed by atoms with Gasteiger partial charge in [0, 0.05) is 38.0 Å². The van der Waals surface area contributed by atoms with Crippen LogP contribution in [0.2, 0.25) is 0 Å². The summed E-state index contributed by atoms with van der Waals surface area (Å²) >= 11 is 0. The van der Waals surface area contributed by atoms with E-state index in [0.717, 1.165) is 43.7 Å². The van der Waals surface area contributed by atoms with Crippen molar-refractivity contribution in [3.8, 4) is 0 Å². The van der Waals surface area contributed by atoms with Gasteiger partial charge in [-0.15, -0.1) is 0 Å². The summed E-state index contributed by atoms with van der Waals surface area (Å²) < 4.78 is 0. The van der Waals surface area contributed by atoms with Crippen LogP contribution in [-0.2, 0) is 22.7 Å². The molecule has 188 valence electrons. The molecule has 1 aliphatic heterocycles.